The van der Waals surface area contributed by atoms with Crippen molar-refractivity contribution in [3.63, 3.8) is 0 Å². The van der Waals surface area contributed by atoms with Crippen LogP contribution in [0.4, 0.5) is 0 Å². The average Bonchev–Trinajstić information content (AvgIpc) is 3.11. The van der Waals surface area contributed by atoms with Gasteiger partial charge >= 0.3 is 0 Å². The van der Waals surface area contributed by atoms with Gasteiger partial charge in [0.05, 0.1) is 24.8 Å². The number of carbonyl (C=O) groups excluding carboxylic acids is 1. The molecule has 0 N–H and O–H groups in total. The highest BCUT2D eigenvalue weighted by Crippen LogP contribution is 2.24. The number of rotatable bonds is 4. The van der Waals surface area contributed by atoms with E-state index in [-0.39, 0.29) is 24.2 Å². The summed E-state index contributed by atoms with van der Waals surface area (Å²) < 4.78 is 7.74. The standard InChI is InChI=1S/C18H31N5O2/c1-12-9-21(10-13(2)25-12)18(24)14(3)22-8-6-7-17(22)11-23-16(5)19-15(4)20-23/h12-14,17H,6-11H2,1-5H3. The summed E-state index contributed by atoms with van der Waals surface area (Å²) >= 11 is 0. The molecular formula is C18H31N5O2. The molecule has 0 bridgehead atoms. The number of carbonyl (C=O) groups is 1. The summed E-state index contributed by atoms with van der Waals surface area (Å²) in [4.78, 5) is 21.8. The third-order valence-corrected chi connectivity index (χ3v) is 5.36. The van der Waals surface area contributed by atoms with E-state index in [0.717, 1.165) is 37.6 Å². The Morgan fingerprint density at radius 2 is 1.96 bits per heavy atom. The number of ether oxygens (including phenoxy) is 1. The minimum Gasteiger partial charge on any atom is -0.372 e. The van der Waals surface area contributed by atoms with Crippen LogP contribution in [0.25, 0.3) is 0 Å². The topological polar surface area (TPSA) is 63.5 Å². The molecule has 1 aromatic rings. The monoisotopic (exact) mass is 349 g/mol. The smallest absolute Gasteiger partial charge is 0.239 e. The summed E-state index contributed by atoms with van der Waals surface area (Å²) in [5.41, 5.74) is 0. The number of amides is 1. The van der Waals surface area contributed by atoms with E-state index in [1.165, 1.54) is 0 Å². The minimum absolute atomic E-state index is 0.102. The van der Waals surface area contributed by atoms with E-state index in [1.807, 2.05) is 44.2 Å². The van der Waals surface area contributed by atoms with Crippen molar-refractivity contribution in [3.05, 3.63) is 11.6 Å². The van der Waals surface area contributed by atoms with Crippen molar-refractivity contribution in [2.75, 3.05) is 19.6 Å². The highest BCUT2D eigenvalue weighted by Gasteiger charge is 2.36. The molecule has 7 nitrogen and oxygen atoms in total. The quantitative estimate of drug-likeness (QED) is 0.822. The van der Waals surface area contributed by atoms with E-state index in [4.69, 9.17) is 4.74 Å². The first kappa shape index (κ1) is 18.3. The van der Waals surface area contributed by atoms with Crippen LogP contribution in [-0.2, 0) is 16.1 Å². The van der Waals surface area contributed by atoms with Gasteiger partial charge in [0.2, 0.25) is 5.91 Å². The maximum absolute atomic E-state index is 13.0. The van der Waals surface area contributed by atoms with Crippen molar-refractivity contribution < 1.29 is 9.53 Å². The van der Waals surface area contributed by atoms with Gasteiger partial charge in [-0.25, -0.2) is 9.67 Å². The van der Waals surface area contributed by atoms with E-state index >= 15 is 0 Å². The van der Waals surface area contributed by atoms with Gasteiger partial charge < -0.3 is 9.64 Å². The zero-order valence-electron chi connectivity index (χ0n) is 16.1. The number of aromatic nitrogens is 3. The van der Waals surface area contributed by atoms with E-state index in [1.54, 1.807) is 0 Å². The Morgan fingerprint density at radius 3 is 2.56 bits per heavy atom. The van der Waals surface area contributed by atoms with Crippen LogP contribution < -0.4 is 0 Å². The van der Waals surface area contributed by atoms with Crippen molar-refractivity contribution in [2.24, 2.45) is 0 Å². The van der Waals surface area contributed by atoms with Crippen LogP contribution in [0.2, 0.25) is 0 Å². The molecule has 2 aliphatic rings. The van der Waals surface area contributed by atoms with Gasteiger partial charge in [-0.3, -0.25) is 9.69 Å². The molecular weight excluding hydrogens is 318 g/mol. The lowest BCUT2D eigenvalue weighted by Gasteiger charge is -2.39. The van der Waals surface area contributed by atoms with Gasteiger partial charge in [0, 0.05) is 19.1 Å². The van der Waals surface area contributed by atoms with E-state index in [9.17, 15) is 4.79 Å². The second kappa shape index (κ2) is 7.41. The number of nitrogens with zero attached hydrogens (tertiary/aromatic N) is 5. The van der Waals surface area contributed by atoms with E-state index in [0.29, 0.717) is 19.1 Å². The van der Waals surface area contributed by atoms with Gasteiger partial charge in [0.1, 0.15) is 11.6 Å². The first-order valence-electron chi connectivity index (χ1n) is 9.43. The second-order valence-electron chi connectivity index (χ2n) is 7.60. The third-order valence-electron chi connectivity index (χ3n) is 5.36. The number of morpholine rings is 1. The fourth-order valence-electron chi connectivity index (χ4n) is 4.26. The molecule has 0 radical (unpaired) electrons. The van der Waals surface area contributed by atoms with Crippen molar-refractivity contribution in [2.45, 2.75) is 78.3 Å². The van der Waals surface area contributed by atoms with Crippen LogP contribution in [0, 0.1) is 13.8 Å². The Balaban J connectivity index is 1.66. The Morgan fingerprint density at radius 1 is 1.28 bits per heavy atom. The predicted octanol–water partition coefficient (Wildman–Crippen LogP) is 1.38. The van der Waals surface area contributed by atoms with Crippen molar-refractivity contribution in [3.8, 4) is 0 Å². The van der Waals surface area contributed by atoms with Crippen LogP contribution in [0.5, 0.6) is 0 Å². The molecule has 2 saturated heterocycles. The number of likely N-dealkylation sites (tertiary alicyclic amines) is 1. The molecule has 2 fully saturated rings. The maximum Gasteiger partial charge on any atom is 0.239 e. The van der Waals surface area contributed by atoms with Crippen LogP contribution in [-0.4, -0.2) is 74.4 Å². The minimum atomic E-state index is -0.102. The Kier molecular flexibility index (Phi) is 5.43. The Bertz CT molecular complexity index is 607. The average molecular weight is 349 g/mol. The predicted molar refractivity (Wildman–Crippen MR) is 95.3 cm³/mol. The molecule has 4 unspecified atom stereocenters. The number of aryl methyl sites for hydroxylation is 2. The lowest BCUT2D eigenvalue weighted by molar-refractivity contribution is -0.148. The lowest BCUT2D eigenvalue weighted by Crippen LogP contribution is -2.55. The lowest BCUT2D eigenvalue weighted by atomic mass is 10.1. The zero-order valence-corrected chi connectivity index (χ0v) is 16.1. The summed E-state index contributed by atoms with van der Waals surface area (Å²) in [7, 11) is 0. The summed E-state index contributed by atoms with van der Waals surface area (Å²) in [6.45, 7) is 13.2. The molecule has 140 valence electrons. The van der Waals surface area contributed by atoms with Crippen LogP contribution in [0.15, 0.2) is 0 Å². The normalized spacial score (nSPS) is 29.2. The SMILES string of the molecule is Cc1nc(C)n(CC2CCCN2C(C)C(=O)N2CC(C)OC(C)C2)n1. The van der Waals surface area contributed by atoms with Crippen LogP contribution >= 0.6 is 0 Å². The number of hydrogen-bond acceptors (Lipinski definition) is 5. The van der Waals surface area contributed by atoms with Crippen molar-refractivity contribution in [1.82, 2.24) is 24.6 Å². The fraction of sp³-hybridized carbons (Fsp3) is 0.833. The zero-order chi connectivity index (χ0) is 18.1. The summed E-state index contributed by atoms with van der Waals surface area (Å²) in [6, 6.07) is 0.240. The molecule has 4 atom stereocenters. The molecule has 2 aliphatic heterocycles. The van der Waals surface area contributed by atoms with Crippen LogP contribution in [0.1, 0.15) is 45.3 Å². The summed E-state index contributed by atoms with van der Waals surface area (Å²) in [5, 5.41) is 4.49. The molecule has 25 heavy (non-hydrogen) atoms. The summed E-state index contributed by atoms with van der Waals surface area (Å²) in [6.07, 6.45) is 2.45. The summed E-state index contributed by atoms with van der Waals surface area (Å²) in [5.74, 6) is 1.97. The van der Waals surface area contributed by atoms with Gasteiger partial charge in [0.25, 0.3) is 0 Å². The molecule has 7 heteroatoms. The molecule has 3 heterocycles. The molecule has 1 aromatic heterocycles. The fourth-order valence-corrected chi connectivity index (χ4v) is 4.26. The molecule has 0 aromatic carbocycles. The van der Waals surface area contributed by atoms with Gasteiger partial charge in [-0.05, 0) is 54.0 Å². The number of hydrogen-bond donors (Lipinski definition) is 0. The van der Waals surface area contributed by atoms with Crippen molar-refractivity contribution in [1.29, 1.82) is 0 Å². The highest BCUT2D eigenvalue weighted by atomic mass is 16.5. The first-order valence-corrected chi connectivity index (χ1v) is 9.43. The molecule has 3 rings (SSSR count). The maximum atomic E-state index is 13.0. The van der Waals surface area contributed by atoms with Gasteiger partial charge in [-0.1, -0.05) is 0 Å². The Hall–Kier alpha value is -1.47. The van der Waals surface area contributed by atoms with Crippen LogP contribution in [0.3, 0.4) is 0 Å². The highest BCUT2D eigenvalue weighted by molar-refractivity contribution is 5.81. The van der Waals surface area contributed by atoms with Gasteiger partial charge in [-0.15, -0.1) is 0 Å². The largest absolute Gasteiger partial charge is 0.372 e. The van der Waals surface area contributed by atoms with Gasteiger partial charge in [-0.2, -0.15) is 5.10 Å². The third kappa shape index (κ3) is 4.03. The molecule has 0 aliphatic carbocycles. The van der Waals surface area contributed by atoms with Gasteiger partial charge in [0.15, 0.2) is 0 Å². The molecule has 0 saturated carbocycles. The molecule has 1 amide bonds. The molecule has 0 spiro atoms. The second-order valence-corrected chi connectivity index (χ2v) is 7.60. The first-order chi connectivity index (χ1) is 11.8. The van der Waals surface area contributed by atoms with Crippen molar-refractivity contribution >= 4 is 5.91 Å². The Labute approximate surface area is 150 Å². The van der Waals surface area contributed by atoms with E-state index < -0.39 is 0 Å². The van der Waals surface area contributed by atoms with E-state index in [2.05, 4.69) is 15.0 Å².